The number of methoxy groups -OCH3 is 1. The van der Waals surface area contributed by atoms with E-state index >= 15 is 0 Å². The second-order valence-electron chi connectivity index (χ2n) is 4.73. The molecule has 2 aromatic rings. The van der Waals surface area contributed by atoms with Gasteiger partial charge in [-0.2, -0.15) is 0 Å². The van der Waals surface area contributed by atoms with Crippen molar-refractivity contribution in [1.29, 1.82) is 0 Å². The Balaban J connectivity index is 2.27. The highest BCUT2D eigenvalue weighted by Gasteiger charge is 2.14. The molecule has 3 nitrogen and oxygen atoms in total. The summed E-state index contributed by atoms with van der Waals surface area (Å²) in [5, 5.41) is 5.03. The van der Waals surface area contributed by atoms with E-state index < -0.39 is 0 Å². The summed E-state index contributed by atoms with van der Waals surface area (Å²) in [4.78, 5) is 12.0. The molecule has 1 atom stereocenters. The number of nitrogens with one attached hydrogen (secondary N) is 1. The molecular formula is C17H19NO2. The summed E-state index contributed by atoms with van der Waals surface area (Å²) in [5.74, 6) is 0.668. The third-order valence-electron chi connectivity index (χ3n) is 3.39. The van der Waals surface area contributed by atoms with E-state index in [1.165, 1.54) is 0 Å². The van der Waals surface area contributed by atoms with Crippen molar-refractivity contribution in [2.45, 2.75) is 12.8 Å². The lowest BCUT2D eigenvalue weighted by Gasteiger charge is -2.12. The Hall–Kier alpha value is -2.29. The molecule has 0 fully saturated rings. The van der Waals surface area contributed by atoms with Crippen LogP contribution in [0.2, 0.25) is 0 Å². The molecule has 0 saturated heterocycles. The molecule has 0 aliphatic carbocycles. The average Bonchev–Trinajstić information content (AvgIpc) is 2.50. The molecule has 0 aliphatic heterocycles. The molecule has 0 bridgehead atoms. The van der Waals surface area contributed by atoms with Crippen LogP contribution in [0.15, 0.2) is 49.1 Å². The highest BCUT2D eigenvalue weighted by molar-refractivity contribution is 5.88. The summed E-state index contributed by atoms with van der Waals surface area (Å²) >= 11 is 0. The van der Waals surface area contributed by atoms with Crippen LogP contribution < -0.4 is 10.1 Å². The van der Waals surface area contributed by atoms with E-state index in [-0.39, 0.29) is 11.8 Å². The molecule has 2 aromatic carbocycles. The van der Waals surface area contributed by atoms with Gasteiger partial charge in [0.05, 0.1) is 13.0 Å². The van der Waals surface area contributed by atoms with Crippen molar-refractivity contribution < 1.29 is 9.53 Å². The number of carbonyl (C=O) groups excluding carboxylic acids is 1. The number of ether oxygens (including phenoxy) is 1. The Bertz CT molecular complexity index is 634. The van der Waals surface area contributed by atoms with Crippen molar-refractivity contribution in [3.05, 3.63) is 54.6 Å². The molecule has 104 valence electrons. The summed E-state index contributed by atoms with van der Waals surface area (Å²) in [6, 6.07) is 12.0. The minimum absolute atomic E-state index is 0.0118. The van der Waals surface area contributed by atoms with Gasteiger partial charge < -0.3 is 10.1 Å². The molecule has 20 heavy (non-hydrogen) atoms. The zero-order valence-electron chi connectivity index (χ0n) is 11.8. The van der Waals surface area contributed by atoms with Crippen LogP contribution in [0, 0.1) is 0 Å². The van der Waals surface area contributed by atoms with Gasteiger partial charge in [-0.05, 0) is 35.4 Å². The smallest absolute Gasteiger partial charge is 0.227 e. The van der Waals surface area contributed by atoms with Gasteiger partial charge in [0.1, 0.15) is 5.75 Å². The fourth-order valence-electron chi connectivity index (χ4n) is 2.12. The van der Waals surface area contributed by atoms with Crippen molar-refractivity contribution in [3.8, 4) is 5.75 Å². The summed E-state index contributed by atoms with van der Waals surface area (Å²) < 4.78 is 5.21. The van der Waals surface area contributed by atoms with E-state index in [0.29, 0.717) is 6.54 Å². The first kappa shape index (κ1) is 14.1. The highest BCUT2D eigenvalue weighted by Crippen LogP contribution is 2.25. The Kier molecular flexibility index (Phi) is 4.41. The van der Waals surface area contributed by atoms with Gasteiger partial charge in [-0.1, -0.05) is 30.3 Å². The maximum Gasteiger partial charge on any atom is 0.227 e. The lowest BCUT2D eigenvalue weighted by molar-refractivity contribution is -0.121. The molecule has 0 saturated carbocycles. The third kappa shape index (κ3) is 2.99. The molecule has 0 radical (unpaired) electrons. The lowest BCUT2D eigenvalue weighted by atomic mass is 9.97. The topological polar surface area (TPSA) is 38.3 Å². The van der Waals surface area contributed by atoms with Crippen LogP contribution in [-0.2, 0) is 4.79 Å². The molecule has 2 rings (SSSR count). The molecule has 1 N–H and O–H groups in total. The number of hydrogen-bond donors (Lipinski definition) is 1. The number of hydrogen-bond acceptors (Lipinski definition) is 2. The minimum atomic E-state index is -0.179. The zero-order chi connectivity index (χ0) is 14.5. The molecule has 0 spiro atoms. The second kappa shape index (κ2) is 6.24. The Morgan fingerprint density at radius 3 is 2.70 bits per heavy atom. The zero-order valence-corrected chi connectivity index (χ0v) is 11.8. The largest absolute Gasteiger partial charge is 0.497 e. The van der Waals surface area contributed by atoms with Crippen LogP contribution >= 0.6 is 0 Å². The minimum Gasteiger partial charge on any atom is -0.497 e. The van der Waals surface area contributed by atoms with Crippen LogP contribution in [0.3, 0.4) is 0 Å². The second-order valence-corrected chi connectivity index (χ2v) is 4.73. The summed E-state index contributed by atoms with van der Waals surface area (Å²) in [6.07, 6.45) is 1.68. The SMILES string of the molecule is C=CCNC(=O)[C@@H](C)c1ccc2cc(OC)ccc2c1. The van der Waals surface area contributed by atoms with Gasteiger partial charge in [0.25, 0.3) is 0 Å². The van der Waals surface area contributed by atoms with E-state index in [4.69, 9.17) is 4.74 Å². The fourth-order valence-corrected chi connectivity index (χ4v) is 2.12. The molecule has 0 heterocycles. The summed E-state index contributed by atoms with van der Waals surface area (Å²) in [6.45, 7) is 6.00. The van der Waals surface area contributed by atoms with Crippen LogP contribution in [-0.4, -0.2) is 19.6 Å². The van der Waals surface area contributed by atoms with Crippen molar-refractivity contribution in [1.82, 2.24) is 5.32 Å². The first-order valence-corrected chi connectivity index (χ1v) is 6.62. The van der Waals surface area contributed by atoms with Gasteiger partial charge in [-0.25, -0.2) is 0 Å². The first-order valence-electron chi connectivity index (χ1n) is 6.62. The molecule has 0 unspecified atom stereocenters. The maximum atomic E-state index is 12.0. The van der Waals surface area contributed by atoms with Gasteiger partial charge in [-0.3, -0.25) is 4.79 Å². The van der Waals surface area contributed by atoms with E-state index in [9.17, 15) is 4.79 Å². The predicted octanol–water partition coefficient (Wildman–Crippen LogP) is 3.25. The van der Waals surface area contributed by atoms with E-state index in [0.717, 1.165) is 22.1 Å². The van der Waals surface area contributed by atoms with Crippen LogP contribution in [0.4, 0.5) is 0 Å². The first-order chi connectivity index (χ1) is 9.65. The molecule has 0 aromatic heterocycles. The highest BCUT2D eigenvalue weighted by atomic mass is 16.5. The molecule has 0 aliphatic rings. The van der Waals surface area contributed by atoms with Crippen molar-refractivity contribution in [2.75, 3.05) is 13.7 Å². The molecule has 1 amide bonds. The van der Waals surface area contributed by atoms with Gasteiger partial charge in [-0.15, -0.1) is 6.58 Å². The van der Waals surface area contributed by atoms with Crippen molar-refractivity contribution in [3.63, 3.8) is 0 Å². The molecule has 3 heteroatoms. The van der Waals surface area contributed by atoms with Gasteiger partial charge in [0.2, 0.25) is 5.91 Å². The van der Waals surface area contributed by atoms with Crippen LogP contribution in [0.1, 0.15) is 18.4 Å². The van der Waals surface area contributed by atoms with Crippen molar-refractivity contribution in [2.24, 2.45) is 0 Å². The standard InChI is InChI=1S/C17H19NO2/c1-4-9-18-17(19)12(2)13-5-6-15-11-16(20-3)8-7-14(15)10-13/h4-8,10-12H,1,9H2,2-3H3,(H,18,19)/t12-/m0/s1. The van der Waals surface area contributed by atoms with Gasteiger partial charge in [0, 0.05) is 6.54 Å². The Morgan fingerprint density at radius 2 is 2.00 bits per heavy atom. The van der Waals surface area contributed by atoms with Gasteiger partial charge in [0.15, 0.2) is 0 Å². The third-order valence-corrected chi connectivity index (χ3v) is 3.39. The van der Waals surface area contributed by atoms with E-state index in [1.807, 2.05) is 43.3 Å². The van der Waals surface area contributed by atoms with Crippen LogP contribution in [0.5, 0.6) is 5.75 Å². The fraction of sp³-hybridized carbons (Fsp3) is 0.235. The average molecular weight is 269 g/mol. The summed E-state index contributed by atoms with van der Waals surface area (Å²) in [5.41, 5.74) is 1.00. The maximum absolute atomic E-state index is 12.0. The Labute approximate surface area is 119 Å². The molecular weight excluding hydrogens is 250 g/mol. The number of amides is 1. The number of rotatable bonds is 5. The number of fused-ring (bicyclic) bond motifs is 1. The summed E-state index contributed by atoms with van der Waals surface area (Å²) in [7, 11) is 1.65. The van der Waals surface area contributed by atoms with E-state index in [2.05, 4.69) is 11.9 Å². The predicted molar refractivity (Wildman–Crippen MR) is 82.1 cm³/mol. The van der Waals surface area contributed by atoms with Gasteiger partial charge >= 0.3 is 0 Å². The van der Waals surface area contributed by atoms with E-state index in [1.54, 1.807) is 13.2 Å². The normalized spacial score (nSPS) is 11.9. The Morgan fingerprint density at radius 1 is 1.30 bits per heavy atom. The van der Waals surface area contributed by atoms with Crippen LogP contribution in [0.25, 0.3) is 10.8 Å². The van der Waals surface area contributed by atoms with Crippen molar-refractivity contribution >= 4 is 16.7 Å². The monoisotopic (exact) mass is 269 g/mol. The lowest BCUT2D eigenvalue weighted by Crippen LogP contribution is -2.27. The number of carbonyl (C=O) groups is 1. The number of benzene rings is 2. The quantitative estimate of drug-likeness (QED) is 0.846.